The summed E-state index contributed by atoms with van der Waals surface area (Å²) >= 11 is 0. The van der Waals surface area contributed by atoms with Gasteiger partial charge in [0.2, 0.25) is 0 Å². The van der Waals surface area contributed by atoms with Gasteiger partial charge in [0, 0.05) is 38.4 Å². The van der Waals surface area contributed by atoms with Crippen molar-refractivity contribution >= 4 is 22.7 Å². The maximum atomic E-state index is 12.8. The van der Waals surface area contributed by atoms with Gasteiger partial charge in [-0.3, -0.25) is 4.68 Å². The summed E-state index contributed by atoms with van der Waals surface area (Å²) in [5.41, 5.74) is -0.305. The largest absolute Gasteiger partial charge is 0.433 e. The van der Waals surface area contributed by atoms with Crippen LogP contribution in [0.25, 0.3) is 11.0 Å². The van der Waals surface area contributed by atoms with Crippen LogP contribution in [0.4, 0.5) is 24.8 Å². The zero-order chi connectivity index (χ0) is 19.0. The zero-order valence-electron chi connectivity index (χ0n) is 14.5. The van der Waals surface area contributed by atoms with Crippen molar-refractivity contribution in [2.75, 3.05) is 23.3 Å². The normalized spacial score (nSPS) is 16.1. The predicted molar refractivity (Wildman–Crippen MR) is 92.2 cm³/mol. The van der Waals surface area contributed by atoms with Crippen molar-refractivity contribution in [3.05, 3.63) is 30.6 Å². The van der Waals surface area contributed by atoms with E-state index >= 15 is 0 Å². The summed E-state index contributed by atoms with van der Waals surface area (Å²) in [4.78, 5) is 17.9. The molecular weight excluding hydrogens is 361 g/mol. The fourth-order valence-corrected chi connectivity index (χ4v) is 3.23. The van der Waals surface area contributed by atoms with Gasteiger partial charge in [0.15, 0.2) is 5.65 Å². The van der Waals surface area contributed by atoms with Crippen molar-refractivity contribution in [3.63, 3.8) is 0 Å². The number of aryl methyl sites for hydroxylation is 1. The lowest BCUT2D eigenvalue weighted by atomic mass is 10.0. The lowest BCUT2D eigenvalue weighted by Crippen LogP contribution is -2.39. The maximum absolute atomic E-state index is 12.8. The van der Waals surface area contributed by atoms with Crippen LogP contribution in [0.15, 0.2) is 24.9 Å². The van der Waals surface area contributed by atoms with Gasteiger partial charge in [-0.15, -0.1) is 0 Å². The van der Waals surface area contributed by atoms with E-state index in [0.717, 1.165) is 49.5 Å². The molecular formula is C16H17F3N8. The summed E-state index contributed by atoms with van der Waals surface area (Å²) < 4.78 is 40.0. The molecule has 142 valence electrons. The average Bonchev–Trinajstić information content (AvgIpc) is 3.02. The van der Waals surface area contributed by atoms with E-state index in [4.69, 9.17) is 0 Å². The number of fused-ring (bicyclic) bond motifs is 1. The molecule has 0 radical (unpaired) electrons. The lowest BCUT2D eigenvalue weighted by Gasteiger charge is -2.33. The van der Waals surface area contributed by atoms with Crippen molar-refractivity contribution < 1.29 is 13.2 Å². The molecule has 4 heterocycles. The van der Waals surface area contributed by atoms with Crippen LogP contribution in [0.1, 0.15) is 18.5 Å². The monoisotopic (exact) mass is 378 g/mol. The molecule has 1 aliphatic rings. The van der Waals surface area contributed by atoms with E-state index in [9.17, 15) is 13.2 Å². The van der Waals surface area contributed by atoms with Gasteiger partial charge in [0.25, 0.3) is 0 Å². The number of nitrogens with zero attached hydrogens (tertiary/aromatic N) is 7. The van der Waals surface area contributed by atoms with Crippen LogP contribution < -0.4 is 10.2 Å². The van der Waals surface area contributed by atoms with E-state index in [2.05, 4.69) is 35.3 Å². The van der Waals surface area contributed by atoms with Crippen LogP contribution in [0.5, 0.6) is 0 Å². The smallest absolute Gasteiger partial charge is 0.367 e. The van der Waals surface area contributed by atoms with Crippen LogP contribution in [0, 0.1) is 0 Å². The van der Waals surface area contributed by atoms with E-state index in [0.29, 0.717) is 5.65 Å². The Hall–Kier alpha value is -2.98. The van der Waals surface area contributed by atoms with Crippen LogP contribution in [-0.4, -0.2) is 48.8 Å². The van der Waals surface area contributed by atoms with Crippen molar-refractivity contribution in [1.82, 2.24) is 29.7 Å². The van der Waals surface area contributed by atoms with Crippen LogP contribution in [0.3, 0.4) is 0 Å². The van der Waals surface area contributed by atoms with Gasteiger partial charge >= 0.3 is 6.18 Å². The first kappa shape index (κ1) is 17.4. The second-order valence-corrected chi connectivity index (χ2v) is 6.43. The van der Waals surface area contributed by atoms with Gasteiger partial charge in [-0.05, 0) is 12.8 Å². The molecule has 0 atom stereocenters. The third-order valence-corrected chi connectivity index (χ3v) is 4.51. The molecule has 4 rings (SSSR count). The number of nitrogens with one attached hydrogen (secondary N) is 1. The molecule has 1 saturated heterocycles. The third-order valence-electron chi connectivity index (χ3n) is 4.51. The molecule has 0 aliphatic carbocycles. The Balaban J connectivity index is 1.43. The Morgan fingerprint density at radius 1 is 1.07 bits per heavy atom. The SMILES string of the molecule is Cn1cc2c(N3CCC(Nc4cc(C(F)(F)F)ncn4)CC3)ncnc2n1. The molecule has 0 bridgehead atoms. The Morgan fingerprint density at radius 3 is 2.56 bits per heavy atom. The highest BCUT2D eigenvalue weighted by molar-refractivity contribution is 5.86. The minimum atomic E-state index is -4.48. The van der Waals surface area contributed by atoms with Gasteiger partial charge in [-0.1, -0.05) is 0 Å². The second kappa shape index (κ2) is 6.63. The Labute approximate surface area is 152 Å². The van der Waals surface area contributed by atoms with E-state index in [1.807, 2.05) is 13.2 Å². The molecule has 0 aromatic carbocycles. The highest BCUT2D eigenvalue weighted by atomic mass is 19.4. The second-order valence-electron chi connectivity index (χ2n) is 6.43. The number of hydrogen-bond acceptors (Lipinski definition) is 7. The predicted octanol–water partition coefficient (Wildman–Crippen LogP) is 2.25. The van der Waals surface area contributed by atoms with Gasteiger partial charge in [-0.2, -0.15) is 18.3 Å². The molecule has 3 aromatic heterocycles. The molecule has 3 aromatic rings. The number of aromatic nitrogens is 6. The van der Waals surface area contributed by atoms with Gasteiger partial charge in [0.05, 0.1) is 5.39 Å². The Bertz CT molecular complexity index is 946. The quantitative estimate of drug-likeness (QED) is 0.748. The van der Waals surface area contributed by atoms with E-state index < -0.39 is 11.9 Å². The molecule has 0 spiro atoms. The highest BCUT2D eigenvalue weighted by Gasteiger charge is 2.33. The highest BCUT2D eigenvalue weighted by Crippen LogP contribution is 2.29. The van der Waals surface area contributed by atoms with Crippen molar-refractivity contribution in [3.8, 4) is 0 Å². The van der Waals surface area contributed by atoms with Gasteiger partial charge in [-0.25, -0.2) is 19.9 Å². The molecule has 1 fully saturated rings. The summed E-state index contributed by atoms with van der Waals surface area (Å²) in [5, 5.41) is 8.25. The van der Waals surface area contributed by atoms with E-state index in [1.54, 1.807) is 4.68 Å². The lowest BCUT2D eigenvalue weighted by molar-refractivity contribution is -0.141. The minimum Gasteiger partial charge on any atom is -0.367 e. The number of hydrogen-bond donors (Lipinski definition) is 1. The summed E-state index contributed by atoms with van der Waals surface area (Å²) in [5.74, 6) is 1.01. The number of rotatable bonds is 3. The van der Waals surface area contributed by atoms with Crippen LogP contribution >= 0.6 is 0 Å². The Kier molecular flexibility index (Phi) is 4.28. The summed E-state index contributed by atoms with van der Waals surface area (Å²) in [6.07, 6.45) is 1.32. The van der Waals surface area contributed by atoms with Crippen LogP contribution in [0.2, 0.25) is 0 Å². The molecule has 0 unspecified atom stereocenters. The van der Waals surface area contributed by atoms with Crippen LogP contribution in [-0.2, 0) is 13.2 Å². The van der Waals surface area contributed by atoms with Crippen molar-refractivity contribution in [2.45, 2.75) is 25.1 Å². The topological polar surface area (TPSA) is 84.7 Å². The number of anilines is 2. The molecule has 1 aliphatic heterocycles. The molecule has 27 heavy (non-hydrogen) atoms. The standard InChI is InChI=1S/C16H17F3N8/c1-26-7-11-14(25-26)22-9-23-15(11)27-4-2-10(3-5-27)24-13-6-12(16(17,18)19)20-8-21-13/h6-10H,2-5H2,1H3,(H,20,21,24). The fourth-order valence-electron chi connectivity index (χ4n) is 3.23. The van der Waals surface area contributed by atoms with Crippen molar-refractivity contribution in [2.24, 2.45) is 7.05 Å². The average molecular weight is 378 g/mol. The summed E-state index contributed by atoms with van der Waals surface area (Å²) in [6.45, 7) is 1.44. The Morgan fingerprint density at radius 2 is 1.81 bits per heavy atom. The zero-order valence-corrected chi connectivity index (χ0v) is 14.5. The third kappa shape index (κ3) is 3.62. The number of piperidine rings is 1. The summed E-state index contributed by atoms with van der Waals surface area (Å²) in [7, 11) is 1.83. The summed E-state index contributed by atoms with van der Waals surface area (Å²) in [6, 6.07) is 0.971. The van der Waals surface area contributed by atoms with Gasteiger partial charge in [0.1, 0.15) is 30.0 Å². The number of halogens is 3. The first-order valence-electron chi connectivity index (χ1n) is 8.45. The van der Waals surface area contributed by atoms with Gasteiger partial charge < -0.3 is 10.2 Å². The maximum Gasteiger partial charge on any atom is 0.433 e. The minimum absolute atomic E-state index is 0.0310. The molecule has 8 nitrogen and oxygen atoms in total. The first-order valence-corrected chi connectivity index (χ1v) is 8.45. The van der Waals surface area contributed by atoms with Crippen molar-refractivity contribution in [1.29, 1.82) is 0 Å². The van der Waals surface area contributed by atoms with E-state index in [-0.39, 0.29) is 11.9 Å². The fraction of sp³-hybridized carbons (Fsp3) is 0.438. The van der Waals surface area contributed by atoms with E-state index in [1.165, 1.54) is 6.33 Å². The molecule has 1 N–H and O–H groups in total. The first-order chi connectivity index (χ1) is 12.9. The molecule has 0 amide bonds. The molecule has 0 saturated carbocycles. The molecule has 11 heteroatoms. The number of alkyl halides is 3.